The molecule has 7 nitrogen and oxygen atoms in total. The lowest BCUT2D eigenvalue weighted by Gasteiger charge is -2.03. The highest BCUT2D eigenvalue weighted by Gasteiger charge is 2.13. The number of rotatable bonds is 5. The summed E-state index contributed by atoms with van der Waals surface area (Å²) >= 11 is 1.18. The highest BCUT2D eigenvalue weighted by atomic mass is 32.2. The molecule has 100 valence electrons. The first-order chi connectivity index (χ1) is 9.22. The van der Waals surface area contributed by atoms with Crippen LogP contribution >= 0.6 is 11.8 Å². The number of aromatic nitrogens is 4. The predicted octanol–water partition coefficient (Wildman–Crippen LogP) is 0.709. The molecule has 2 N–H and O–H groups in total. The molecule has 2 aromatic heterocycles. The number of nitrogen functional groups attached to an aromatic ring is 1. The van der Waals surface area contributed by atoms with E-state index in [0.29, 0.717) is 17.6 Å². The topological polar surface area (TPSA) is 95.9 Å². The standard InChI is InChI=1S/C11H13N5O2S/c1-2-18-9(17)7-19-11-15-14-10(16(11)12)8-4-3-5-13-6-8/h3-6H,2,7,12H2,1H3. The number of nitrogens with zero attached hydrogens (tertiary/aromatic N) is 4. The summed E-state index contributed by atoms with van der Waals surface area (Å²) in [5.41, 5.74) is 0.764. The van der Waals surface area contributed by atoms with Gasteiger partial charge in [0.1, 0.15) is 0 Å². The number of esters is 1. The number of ether oxygens (including phenoxy) is 1. The van der Waals surface area contributed by atoms with E-state index in [1.54, 1.807) is 25.4 Å². The zero-order valence-corrected chi connectivity index (χ0v) is 11.1. The molecule has 0 saturated carbocycles. The molecule has 0 aliphatic heterocycles. The molecule has 2 rings (SSSR count). The normalized spacial score (nSPS) is 10.4. The number of thioether (sulfide) groups is 1. The van der Waals surface area contributed by atoms with Crippen LogP contribution in [0.2, 0.25) is 0 Å². The Balaban J connectivity index is 2.09. The van der Waals surface area contributed by atoms with Gasteiger partial charge in [0.15, 0.2) is 5.82 Å². The molecule has 0 spiro atoms. The fraction of sp³-hybridized carbons (Fsp3) is 0.273. The minimum atomic E-state index is -0.307. The van der Waals surface area contributed by atoms with Gasteiger partial charge in [-0.3, -0.25) is 9.78 Å². The van der Waals surface area contributed by atoms with Crippen LogP contribution in [-0.2, 0) is 9.53 Å². The Morgan fingerprint density at radius 2 is 2.37 bits per heavy atom. The summed E-state index contributed by atoms with van der Waals surface area (Å²) in [5.74, 6) is 6.23. The molecule has 0 aliphatic carbocycles. The maximum atomic E-state index is 11.3. The smallest absolute Gasteiger partial charge is 0.316 e. The fourth-order valence-electron chi connectivity index (χ4n) is 1.39. The third-order valence-electron chi connectivity index (χ3n) is 2.21. The van der Waals surface area contributed by atoms with E-state index < -0.39 is 0 Å². The molecule has 0 unspecified atom stereocenters. The van der Waals surface area contributed by atoms with Gasteiger partial charge in [0.2, 0.25) is 5.16 Å². The maximum Gasteiger partial charge on any atom is 0.316 e. The Bertz CT molecular complexity index is 557. The van der Waals surface area contributed by atoms with Crippen molar-refractivity contribution < 1.29 is 9.53 Å². The van der Waals surface area contributed by atoms with Gasteiger partial charge in [-0.15, -0.1) is 10.2 Å². The Hall–Kier alpha value is -2.09. The molecule has 0 aliphatic rings. The summed E-state index contributed by atoms with van der Waals surface area (Å²) in [6.07, 6.45) is 3.31. The summed E-state index contributed by atoms with van der Waals surface area (Å²) in [4.78, 5) is 15.2. The van der Waals surface area contributed by atoms with E-state index in [1.807, 2.05) is 6.07 Å². The first-order valence-corrected chi connectivity index (χ1v) is 6.60. The largest absolute Gasteiger partial charge is 0.465 e. The zero-order chi connectivity index (χ0) is 13.7. The quantitative estimate of drug-likeness (QED) is 0.489. The van der Waals surface area contributed by atoms with Gasteiger partial charge in [-0.1, -0.05) is 11.8 Å². The van der Waals surface area contributed by atoms with Gasteiger partial charge in [-0.25, -0.2) is 4.68 Å². The van der Waals surface area contributed by atoms with Crippen LogP contribution in [0.1, 0.15) is 6.92 Å². The lowest BCUT2D eigenvalue weighted by Crippen LogP contribution is -2.13. The van der Waals surface area contributed by atoms with Crippen molar-refractivity contribution in [3.63, 3.8) is 0 Å². The Labute approximate surface area is 114 Å². The van der Waals surface area contributed by atoms with Crippen molar-refractivity contribution in [2.45, 2.75) is 12.1 Å². The number of carbonyl (C=O) groups is 1. The molecule has 0 atom stereocenters. The highest BCUT2D eigenvalue weighted by Crippen LogP contribution is 2.20. The second kappa shape index (κ2) is 6.19. The van der Waals surface area contributed by atoms with Crippen LogP contribution in [0, 0.1) is 0 Å². The van der Waals surface area contributed by atoms with Crippen molar-refractivity contribution in [1.29, 1.82) is 0 Å². The second-order valence-corrected chi connectivity index (χ2v) is 4.45. The van der Waals surface area contributed by atoms with Gasteiger partial charge < -0.3 is 10.6 Å². The second-order valence-electron chi connectivity index (χ2n) is 3.51. The van der Waals surface area contributed by atoms with Crippen molar-refractivity contribution >= 4 is 17.7 Å². The van der Waals surface area contributed by atoms with E-state index >= 15 is 0 Å². The highest BCUT2D eigenvalue weighted by molar-refractivity contribution is 7.99. The lowest BCUT2D eigenvalue weighted by molar-refractivity contribution is -0.139. The van der Waals surface area contributed by atoms with Crippen molar-refractivity contribution in [3.05, 3.63) is 24.5 Å². The number of hydrogen-bond acceptors (Lipinski definition) is 7. The van der Waals surface area contributed by atoms with E-state index in [0.717, 1.165) is 5.56 Å². The molecule has 0 saturated heterocycles. The summed E-state index contributed by atoms with van der Waals surface area (Å²) in [6, 6.07) is 3.62. The molecular weight excluding hydrogens is 266 g/mol. The molecule has 2 heterocycles. The van der Waals surface area contributed by atoms with Crippen LogP contribution in [0.3, 0.4) is 0 Å². The van der Waals surface area contributed by atoms with Crippen LogP contribution in [0.5, 0.6) is 0 Å². The van der Waals surface area contributed by atoms with E-state index in [9.17, 15) is 4.79 Å². The molecule has 0 amide bonds. The van der Waals surface area contributed by atoms with Crippen LogP contribution in [0.25, 0.3) is 11.4 Å². The average molecular weight is 279 g/mol. The van der Waals surface area contributed by atoms with Crippen LogP contribution < -0.4 is 5.84 Å². The average Bonchev–Trinajstić information content (AvgIpc) is 2.79. The number of nitrogens with two attached hydrogens (primary N) is 1. The molecule has 8 heteroatoms. The number of hydrogen-bond donors (Lipinski definition) is 1. The van der Waals surface area contributed by atoms with Crippen LogP contribution in [0.4, 0.5) is 0 Å². The third kappa shape index (κ3) is 3.22. The van der Waals surface area contributed by atoms with Gasteiger partial charge >= 0.3 is 5.97 Å². The van der Waals surface area contributed by atoms with Crippen molar-refractivity contribution in [2.75, 3.05) is 18.2 Å². The lowest BCUT2D eigenvalue weighted by atomic mass is 10.3. The van der Waals surface area contributed by atoms with Crippen LogP contribution in [-0.4, -0.2) is 38.2 Å². The Morgan fingerprint density at radius 1 is 1.53 bits per heavy atom. The first-order valence-electron chi connectivity index (χ1n) is 5.61. The molecule has 0 radical (unpaired) electrons. The Morgan fingerprint density at radius 3 is 3.05 bits per heavy atom. The molecular formula is C11H13N5O2S. The van der Waals surface area contributed by atoms with Gasteiger partial charge in [0.25, 0.3) is 0 Å². The molecule has 19 heavy (non-hydrogen) atoms. The van der Waals surface area contributed by atoms with Gasteiger partial charge in [0.05, 0.1) is 12.4 Å². The predicted molar refractivity (Wildman–Crippen MR) is 70.8 cm³/mol. The summed E-state index contributed by atoms with van der Waals surface area (Å²) in [6.45, 7) is 2.12. The third-order valence-corrected chi connectivity index (χ3v) is 3.13. The molecule has 0 aromatic carbocycles. The van der Waals surface area contributed by atoms with Crippen LogP contribution in [0.15, 0.2) is 29.7 Å². The van der Waals surface area contributed by atoms with E-state index in [4.69, 9.17) is 10.6 Å². The van der Waals surface area contributed by atoms with Gasteiger partial charge in [0, 0.05) is 18.0 Å². The van der Waals surface area contributed by atoms with Crippen molar-refractivity contribution in [1.82, 2.24) is 19.9 Å². The zero-order valence-electron chi connectivity index (χ0n) is 10.3. The van der Waals surface area contributed by atoms with Crippen molar-refractivity contribution in [2.24, 2.45) is 0 Å². The first kappa shape index (κ1) is 13.3. The number of pyridine rings is 1. The molecule has 0 bridgehead atoms. The monoisotopic (exact) mass is 279 g/mol. The summed E-state index contributed by atoms with van der Waals surface area (Å²) < 4.78 is 6.16. The maximum absolute atomic E-state index is 11.3. The van der Waals surface area contributed by atoms with Gasteiger partial charge in [-0.2, -0.15) is 0 Å². The van der Waals surface area contributed by atoms with E-state index in [-0.39, 0.29) is 11.7 Å². The van der Waals surface area contributed by atoms with E-state index in [2.05, 4.69) is 15.2 Å². The Kier molecular flexibility index (Phi) is 4.35. The minimum Gasteiger partial charge on any atom is -0.465 e. The van der Waals surface area contributed by atoms with Gasteiger partial charge in [-0.05, 0) is 19.1 Å². The summed E-state index contributed by atoms with van der Waals surface area (Å²) in [5, 5.41) is 8.38. The molecule has 2 aromatic rings. The fourth-order valence-corrected chi connectivity index (χ4v) is 2.05. The molecule has 0 fully saturated rings. The summed E-state index contributed by atoms with van der Waals surface area (Å²) in [7, 11) is 0. The van der Waals surface area contributed by atoms with E-state index in [1.165, 1.54) is 16.4 Å². The minimum absolute atomic E-state index is 0.149. The van der Waals surface area contributed by atoms with Crippen molar-refractivity contribution in [3.8, 4) is 11.4 Å². The SMILES string of the molecule is CCOC(=O)CSc1nnc(-c2cccnc2)n1N. The number of carbonyl (C=O) groups excluding carboxylic acids is 1.